The largest absolute Gasteiger partial charge is 0.369 e. The van der Waals surface area contributed by atoms with Crippen LogP contribution < -0.4 is 4.90 Å². The smallest absolute Gasteiger partial charge is 0.294 e. The van der Waals surface area contributed by atoms with Crippen LogP contribution in [-0.4, -0.2) is 58.8 Å². The molecule has 0 N–H and O–H groups in total. The lowest BCUT2D eigenvalue weighted by atomic mass is 10.2. The number of carbonyl (C=O) groups is 2. The van der Waals surface area contributed by atoms with Crippen molar-refractivity contribution in [3.05, 3.63) is 63.8 Å². The molecule has 0 atom stereocenters. The quantitative estimate of drug-likeness (QED) is 0.689. The zero-order valence-electron chi connectivity index (χ0n) is 16.0. The number of halogens is 1. The molecule has 2 aliphatic rings. The van der Waals surface area contributed by atoms with Crippen molar-refractivity contribution in [2.75, 3.05) is 37.7 Å². The van der Waals surface area contributed by atoms with Crippen LogP contribution in [-0.2, 0) is 4.79 Å². The molecule has 2 aliphatic heterocycles. The molecule has 2 fully saturated rings. The van der Waals surface area contributed by atoms with Gasteiger partial charge >= 0.3 is 0 Å². The summed E-state index contributed by atoms with van der Waals surface area (Å²) < 4.78 is 0. The molecule has 29 heavy (non-hydrogen) atoms. The van der Waals surface area contributed by atoms with Crippen LogP contribution in [0.1, 0.15) is 11.1 Å². The van der Waals surface area contributed by atoms with Gasteiger partial charge in [-0.05, 0) is 54.1 Å². The second kappa shape index (κ2) is 8.57. The van der Waals surface area contributed by atoms with Crippen LogP contribution in [0, 0.1) is 6.92 Å². The minimum atomic E-state index is -0.239. The fourth-order valence-corrected chi connectivity index (χ4v) is 4.37. The molecule has 2 aromatic rings. The maximum atomic E-state index is 12.7. The van der Waals surface area contributed by atoms with Gasteiger partial charge in [-0.2, -0.15) is 0 Å². The van der Waals surface area contributed by atoms with Gasteiger partial charge in [-0.25, -0.2) is 0 Å². The number of rotatable bonds is 4. The summed E-state index contributed by atoms with van der Waals surface area (Å²) in [4.78, 5) is 35.3. The first-order chi connectivity index (χ1) is 14.0. The van der Waals surface area contributed by atoms with Gasteiger partial charge in [0.05, 0.1) is 11.6 Å². The van der Waals surface area contributed by atoms with Crippen molar-refractivity contribution in [1.29, 1.82) is 0 Å². The van der Waals surface area contributed by atoms with Gasteiger partial charge in [-0.15, -0.1) is 0 Å². The number of benzene rings is 1. The number of aryl methyl sites for hydroxylation is 1. The number of hydrogen-bond acceptors (Lipinski definition) is 6. The van der Waals surface area contributed by atoms with Crippen molar-refractivity contribution in [3.8, 4) is 0 Å². The molecule has 3 heterocycles. The van der Waals surface area contributed by atoms with Crippen molar-refractivity contribution >= 4 is 46.3 Å². The summed E-state index contributed by atoms with van der Waals surface area (Å²) in [6.07, 6.45) is 5.06. The Kier molecular flexibility index (Phi) is 5.89. The molecule has 8 heteroatoms. The lowest BCUT2D eigenvalue weighted by molar-refractivity contribution is -0.124. The van der Waals surface area contributed by atoms with Crippen LogP contribution in [0.2, 0.25) is 5.02 Å². The number of piperazine rings is 1. The van der Waals surface area contributed by atoms with Gasteiger partial charge < -0.3 is 4.90 Å². The molecule has 0 aliphatic carbocycles. The normalized spacial score (nSPS) is 19.4. The van der Waals surface area contributed by atoms with E-state index in [1.54, 1.807) is 24.5 Å². The third-order valence-corrected chi connectivity index (χ3v) is 6.40. The van der Waals surface area contributed by atoms with Crippen LogP contribution in [0.4, 0.5) is 10.5 Å². The van der Waals surface area contributed by atoms with Gasteiger partial charge in [-0.3, -0.25) is 24.4 Å². The van der Waals surface area contributed by atoms with Gasteiger partial charge in [0.2, 0.25) is 0 Å². The maximum absolute atomic E-state index is 12.7. The molecular formula is C21H21ClN4O2S. The number of imide groups is 1. The van der Waals surface area contributed by atoms with Crippen LogP contribution in [0.25, 0.3) is 6.08 Å². The van der Waals surface area contributed by atoms with E-state index in [0.29, 0.717) is 11.6 Å². The van der Waals surface area contributed by atoms with E-state index in [4.69, 9.17) is 11.6 Å². The number of nitrogens with zero attached hydrogens (tertiary/aromatic N) is 4. The molecule has 6 nitrogen and oxygen atoms in total. The molecule has 0 unspecified atom stereocenters. The van der Waals surface area contributed by atoms with Gasteiger partial charge in [0, 0.05) is 49.3 Å². The van der Waals surface area contributed by atoms with E-state index in [2.05, 4.69) is 20.9 Å². The second-order valence-electron chi connectivity index (χ2n) is 7.08. The van der Waals surface area contributed by atoms with E-state index in [0.717, 1.165) is 59.8 Å². The SMILES string of the molecule is Cc1ccc(N2CCN(CN3C(=O)S/C(=C/c4cccnc4)C3=O)CC2)cc1Cl. The van der Waals surface area contributed by atoms with E-state index in [1.165, 1.54) is 4.90 Å². The first kappa shape index (κ1) is 19.9. The number of thioether (sulfide) groups is 1. The molecule has 4 rings (SSSR count). The fourth-order valence-electron chi connectivity index (χ4n) is 3.36. The average Bonchev–Trinajstić information content (AvgIpc) is 2.99. The average molecular weight is 429 g/mol. The number of pyridine rings is 1. The summed E-state index contributed by atoms with van der Waals surface area (Å²) >= 11 is 7.23. The van der Waals surface area contributed by atoms with E-state index in [9.17, 15) is 9.59 Å². The number of anilines is 1. The minimum Gasteiger partial charge on any atom is -0.369 e. The Bertz CT molecular complexity index is 958. The summed E-state index contributed by atoms with van der Waals surface area (Å²) in [6, 6.07) is 9.76. The van der Waals surface area contributed by atoms with E-state index >= 15 is 0 Å². The lowest BCUT2D eigenvalue weighted by Gasteiger charge is -2.37. The molecular weight excluding hydrogens is 408 g/mol. The molecule has 2 saturated heterocycles. The van der Waals surface area contributed by atoms with E-state index < -0.39 is 0 Å². The number of carbonyl (C=O) groups excluding carboxylic acids is 2. The second-order valence-corrected chi connectivity index (χ2v) is 8.48. The maximum Gasteiger partial charge on any atom is 0.294 e. The molecule has 150 valence electrons. The highest BCUT2D eigenvalue weighted by Crippen LogP contribution is 2.32. The summed E-state index contributed by atoms with van der Waals surface area (Å²) in [7, 11) is 0. The van der Waals surface area contributed by atoms with Gasteiger partial charge in [0.1, 0.15) is 0 Å². The van der Waals surface area contributed by atoms with Crippen molar-refractivity contribution < 1.29 is 9.59 Å². The summed E-state index contributed by atoms with van der Waals surface area (Å²) in [5.74, 6) is -0.239. The van der Waals surface area contributed by atoms with Crippen LogP contribution in [0.5, 0.6) is 0 Å². The lowest BCUT2D eigenvalue weighted by Crippen LogP contribution is -2.50. The molecule has 0 radical (unpaired) electrons. The van der Waals surface area contributed by atoms with E-state index in [1.807, 2.05) is 25.1 Å². The number of hydrogen-bond donors (Lipinski definition) is 0. The summed E-state index contributed by atoms with van der Waals surface area (Å²) in [6.45, 7) is 5.49. The summed E-state index contributed by atoms with van der Waals surface area (Å²) in [5.41, 5.74) is 2.97. The van der Waals surface area contributed by atoms with Crippen molar-refractivity contribution in [2.24, 2.45) is 0 Å². The Balaban J connectivity index is 1.36. The standard InChI is InChI=1S/C21H21ClN4O2S/c1-15-4-5-17(12-18(15)22)25-9-7-24(8-10-25)14-26-20(27)19(29-21(26)28)11-16-3-2-6-23-13-16/h2-6,11-13H,7-10,14H2,1H3/b19-11+. The number of aromatic nitrogens is 1. The molecule has 2 amide bonds. The topological polar surface area (TPSA) is 56.8 Å². The first-order valence-corrected chi connectivity index (χ1v) is 10.6. The van der Waals surface area contributed by atoms with Gasteiger partial charge in [-0.1, -0.05) is 23.7 Å². The van der Waals surface area contributed by atoms with Crippen LogP contribution >= 0.6 is 23.4 Å². The van der Waals surface area contributed by atoms with Crippen molar-refractivity contribution in [3.63, 3.8) is 0 Å². The van der Waals surface area contributed by atoms with Crippen LogP contribution in [0.3, 0.4) is 0 Å². The Morgan fingerprint density at radius 2 is 1.97 bits per heavy atom. The Hall–Kier alpha value is -2.35. The monoisotopic (exact) mass is 428 g/mol. The van der Waals surface area contributed by atoms with Crippen LogP contribution in [0.15, 0.2) is 47.6 Å². The van der Waals surface area contributed by atoms with Crippen molar-refractivity contribution in [2.45, 2.75) is 6.92 Å². The molecule has 1 aromatic carbocycles. The van der Waals surface area contributed by atoms with E-state index in [-0.39, 0.29) is 11.1 Å². The predicted molar refractivity (Wildman–Crippen MR) is 117 cm³/mol. The Labute approximate surface area is 179 Å². The zero-order chi connectivity index (χ0) is 20.4. The minimum absolute atomic E-state index is 0.224. The third kappa shape index (κ3) is 4.47. The Morgan fingerprint density at radius 3 is 2.66 bits per heavy atom. The highest BCUT2D eigenvalue weighted by atomic mass is 35.5. The van der Waals surface area contributed by atoms with Gasteiger partial charge in [0.15, 0.2) is 0 Å². The Morgan fingerprint density at radius 1 is 1.17 bits per heavy atom. The van der Waals surface area contributed by atoms with Crippen molar-refractivity contribution in [1.82, 2.24) is 14.8 Å². The zero-order valence-corrected chi connectivity index (χ0v) is 17.6. The molecule has 0 spiro atoms. The third-order valence-electron chi connectivity index (χ3n) is 5.09. The highest BCUT2D eigenvalue weighted by Gasteiger charge is 2.36. The highest BCUT2D eigenvalue weighted by molar-refractivity contribution is 8.18. The number of amides is 2. The molecule has 0 bridgehead atoms. The molecule has 1 aromatic heterocycles. The summed E-state index contributed by atoms with van der Waals surface area (Å²) in [5, 5.41) is 0.543. The van der Waals surface area contributed by atoms with Gasteiger partial charge in [0.25, 0.3) is 11.1 Å². The molecule has 0 saturated carbocycles. The fraction of sp³-hybridized carbons (Fsp3) is 0.286. The predicted octanol–water partition coefficient (Wildman–Crippen LogP) is 3.86. The first-order valence-electron chi connectivity index (χ1n) is 9.40.